The van der Waals surface area contributed by atoms with Gasteiger partial charge < -0.3 is 14.5 Å². The molecule has 24 heavy (non-hydrogen) atoms. The monoisotopic (exact) mass is 325 g/mol. The number of anilines is 1. The number of para-hydroxylation sites is 2. The molecule has 1 aliphatic heterocycles. The standard InChI is InChI=1S/C17H19N5O2/c1-11-16(20-14-7-3-2-6-13(14)19-11)18-9-15-21-22-17(24-15)12-5-4-8-23-10-12/h2-3,6-7,12H,4-5,8-10H2,1H3,(H,18,20). The van der Waals surface area contributed by atoms with Crippen LogP contribution in [0.15, 0.2) is 28.7 Å². The van der Waals surface area contributed by atoms with E-state index in [-0.39, 0.29) is 5.92 Å². The maximum atomic E-state index is 5.76. The molecule has 7 nitrogen and oxygen atoms in total. The summed E-state index contributed by atoms with van der Waals surface area (Å²) in [5.41, 5.74) is 2.59. The summed E-state index contributed by atoms with van der Waals surface area (Å²) >= 11 is 0. The Balaban J connectivity index is 1.47. The molecule has 2 aromatic heterocycles. The maximum Gasteiger partial charge on any atom is 0.235 e. The number of hydrogen-bond acceptors (Lipinski definition) is 7. The third-order valence-corrected chi connectivity index (χ3v) is 4.14. The van der Waals surface area contributed by atoms with Crippen LogP contribution in [0.4, 0.5) is 5.82 Å². The van der Waals surface area contributed by atoms with Crippen LogP contribution in [0, 0.1) is 6.92 Å². The second kappa shape index (κ2) is 6.52. The normalized spacial score (nSPS) is 18.0. The Morgan fingerprint density at radius 2 is 2.00 bits per heavy atom. The van der Waals surface area contributed by atoms with Gasteiger partial charge in [0.2, 0.25) is 11.8 Å². The molecule has 1 aliphatic rings. The van der Waals surface area contributed by atoms with E-state index < -0.39 is 0 Å². The molecule has 1 unspecified atom stereocenters. The molecule has 1 saturated heterocycles. The molecule has 0 bridgehead atoms. The number of ether oxygens (including phenoxy) is 1. The van der Waals surface area contributed by atoms with E-state index in [0.29, 0.717) is 24.9 Å². The molecule has 1 N–H and O–H groups in total. The number of nitrogens with one attached hydrogen (secondary N) is 1. The lowest BCUT2D eigenvalue weighted by Gasteiger charge is -2.18. The van der Waals surface area contributed by atoms with Gasteiger partial charge in [0.05, 0.1) is 35.8 Å². The first-order valence-corrected chi connectivity index (χ1v) is 8.17. The van der Waals surface area contributed by atoms with Gasteiger partial charge >= 0.3 is 0 Å². The zero-order valence-corrected chi connectivity index (χ0v) is 13.5. The summed E-state index contributed by atoms with van der Waals surface area (Å²) in [4.78, 5) is 9.16. The van der Waals surface area contributed by atoms with Gasteiger partial charge in [-0.05, 0) is 31.9 Å². The quantitative estimate of drug-likeness (QED) is 0.789. The number of rotatable bonds is 4. The molecule has 124 valence electrons. The molecular formula is C17H19N5O2. The fourth-order valence-corrected chi connectivity index (χ4v) is 2.85. The van der Waals surface area contributed by atoms with Crippen LogP contribution < -0.4 is 5.32 Å². The van der Waals surface area contributed by atoms with E-state index in [1.54, 1.807) is 0 Å². The summed E-state index contributed by atoms with van der Waals surface area (Å²) in [5.74, 6) is 2.15. The van der Waals surface area contributed by atoms with E-state index in [2.05, 4.69) is 25.5 Å². The highest BCUT2D eigenvalue weighted by atomic mass is 16.5. The van der Waals surface area contributed by atoms with Crippen molar-refractivity contribution in [2.45, 2.75) is 32.2 Å². The van der Waals surface area contributed by atoms with Gasteiger partial charge in [0.1, 0.15) is 5.82 Å². The lowest BCUT2D eigenvalue weighted by molar-refractivity contribution is 0.0722. The van der Waals surface area contributed by atoms with E-state index in [4.69, 9.17) is 9.15 Å². The van der Waals surface area contributed by atoms with Crippen molar-refractivity contribution in [1.29, 1.82) is 0 Å². The number of aryl methyl sites for hydroxylation is 1. The Kier molecular flexibility index (Phi) is 4.08. The molecule has 0 spiro atoms. The topological polar surface area (TPSA) is 86.0 Å². The predicted molar refractivity (Wildman–Crippen MR) is 88.7 cm³/mol. The van der Waals surface area contributed by atoms with Crippen LogP contribution in [0.5, 0.6) is 0 Å². The van der Waals surface area contributed by atoms with Crippen LogP contribution in [0.25, 0.3) is 11.0 Å². The third-order valence-electron chi connectivity index (χ3n) is 4.14. The Morgan fingerprint density at radius 3 is 2.79 bits per heavy atom. The number of aromatic nitrogens is 4. The van der Waals surface area contributed by atoms with Crippen molar-refractivity contribution in [3.63, 3.8) is 0 Å². The number of fused-ring (bicyclic) bond motifs is 1. The Hall–Kier alpha value is -2.54. The van der Waals surface area contributed by atoms with Crippen molar-refractivity contribution in [2.75, 3.05) is 18.5 Å². The van der Waals surface area contributed by atoms with Gasteiger partial charge in [0.15, 0.2) is 0 Å². The van der Waals surface area contributed by atoms with Crippen molar-refractivity contribution >= 4 is 16.9 Å². The highest BCUT2D eigenvalue weighted by Crippen LogP contribution is 2.24. The van der Waals surface area contributed by atoms with E-state index >= 15 is 0 Å². The van der Waals surface area contributed by atoms with Crippen LogP contribution in [0.1, 0.15) is 36.2 Å². The molecule has 1 atom stereocenters. The highest BCUT2D eigenvalue weighted by molar-refractivity contribution is 5.76. The number of nitrogens with zero attached hydrogens (tertiary/aromatic N) is 4. The second-order valence-corrected chi connectivity index (χ2v) is 5.95. The van der Waals surface area contributed by atoms with Gasteiger partial charge in [0.25, 0.3) is 0 Å². The van der Waals surface area contributed by atoms with Gasteiger partial charge in [-0.25, -0.2) is 9.97 Å². The first kappa shape index (κ1) is 15.0. The van der Waals surface area contributed by atoms with Crippen molar-refractivity contribution < 1.29 is 9.15 Å². The van der Waals surface area contributed by atoms with Crippen LogP contribution in [0.3, 0.4) is 0 Å². The SMILES string of the molecule is Cc1nc2ccccc2nc1NCc1nnc(C2CCCOC2)o1. The molecule has 1 fully saturated rings. The molecule has 1 aromatic carbocycles. The van der Waals surface area contributed by atoms with Crippen molar-refractivity contribution in [3.8, 4) is 0 Å². The van der Waals surface area contributed by atoms with E-state index in [0.717, 1.165) is 42.0 Å². The third kappa shape index (κ3) is 3.07. The minimum atomic E-state index is 0.210. The largest absolute Gasteiger partial charge is 0.423 e. The zero-order chi connectivity index (χ0) is 16.4. The first-order chi connectivity index (χ1) is 11.8. The van der Waals surface area contributed by atoms with Crippen molar-refractivity contribution in [2.24, 2.45) is 0 Å². The smallest absolute Gasteiger partial charge is 0.235 e. The summed E-state index contributed by atoms with van der Waals surface area (Å²) in [6, 6.07) is 7.81. The molecule has 0 saturated carbocycles. The fraction of sp³-hybridized carbons (Fsp3) is 0.412. The summed E-state index contributed by atoms with van der Waals surface area (Å²) in [6.07, 6.45) is 2.07. The molecular weight excluding hydrogens is 306 g/mol. The van der Waals surface area contributed by atoms with Crippen LogP contribution in [-0.4, -0.2) is 33.4 Å². The van der Waals surface area contributed by atoms with Gasteiger partial charge in [0, 0.05) is 6.61 Å². The van der Waals surface area contributed by atoms with Crippen molar-refractivity contribution in [1.82, 2.24) is 20.2 Å². The molecule has 0 amide bonds. The average molecular weight is 325 g/mol. The van der Waals surface area contributed by atoms with Crippen LogP contribution >= 0.6 is 0 Å². The summed E-state index contributed by atoms with van der Waals surface area (Å²) in [5, 5.41) is 11.5. The molecule has 0 aliphatic carbocycles. The highest BCUT2D eigenvalue weighted by Gasteiger charge is 2.21. The van der Waals surface area contributed by atoms with E-state index in [1.807, 2.05) is 31.2 Å². The molecule has 3 aromatic rings. The van der Waals surface area contributed by atoms with E-state index in [9.17, 15) is 0 Å². The number of benzene rings is 1. The molecule has 4 rings (SSSR count). The summed E-state index contributed by atoms with van der Waals surface area (Å²) < 4.78 is 11.2. The van der Waals surface area contributed by atoms with Crippen LogP contribution in [0.2, 0.25) is 0 Å². The second-order valence-electron chi connectivity index (χ2n) is 5.95. The minimum absolute atomic E-state index is 0.210. The van der Waals surface area contributed by atoms with Crippen LogP contribution in [-0.2, 0) is 11.3 Å². The van der Waals surface area contributed by atoms with Gasteiger partial charge in [-0.3, -0.25) is 0 Å². The van der Waals surface area contributed by atoms with Gasteiger partial charge in [-0.1, -0.05) is 12.1 Å². The Labute approximate surface area is 139 Å². The lowest BCUT2D eigenvalue weighted by Crippen LogP contribution is -2.15. The number of hydrogen-bond donors (Lipinski definition) is 1. The average Bonchev–Trinajstić information content (AvgIpc) is 3.10. The first-order valence-electron chi connectivity index (χ1n) is 8.17. The zero-order valence-electron chi connectivity index (χ0n) is 13.5. The van der Waals surface area contributed by atoms with Crippen molar-refractivity contribution in [3.05, 3.63) is 41.7 Å². The fourth-order valence-electron chi connectivity index (χ4n) is 2.85. The Morgan fingerprint density at radius 1 is 1.17 bits per heavy atom. The van der Waals surface area contributed by atoms with Gasteiger partial charge in [-0.15, -0.1) is 10.2 Å². The van der Waals surface area contributed by atoms with E-state index in [1.165, 1.54) is 0 Å². The molecule has 3 heterocycles. The summed E-state index contributed by atoms with van der Waals surface area (Å²) in [6.45, 7) is 3.83. The Bertz CT molecular complexity index is 842. The minimum Gasteiger partial charge on any atom is -0.423 e. The van der Waals surface area contributed by atoms with Gasteiger partial charge in [-0.2, -0.15) is 0 Å². The predicted octanol–water partition coefficient (Wildman–Crippen LogP) is 2.83. The molecule has 7 heteroatoms. The summed E-state index contributed by atoms with van der Waals surface area (Å²) in [7, 11) is 0. The molecule has 0 radical (unpaired) electrons. The maximum absolute atomic E-state index is 5.76. The lowest BCUT2D eigenvalue weighted by atomic mass is 10.0.